The highest BCUT2D eigenvalue weighted by Crippen LogP contribution is 2.34. The van der Waals surface area contributed by atoms with E-state index in [1.807, 2.05) is 0 Å². The molecule has 0 atom stereocenters. The van der Waals surface area contributed by atoms with Crippen LogP contribution in [0.4, 0.5) is 4.79 Å². The van der Waals surface area contributed by atoms with E-state index in [4.69, 9.17) is 27.6 Å². The van der Waals surface area contributed by atoms with E-state index in [1.165, 1.54) is 6.21 Å². The van der Waals surface area contributed by atoms with Crippen molar-refractivity contribution < 1.29 is 14.0 Å². The maximum absolute atomic E-state index is 12.7. The summed E-state index contributed by atoms with van der Waals surface area (Å²) in [5, 5.41) is 8.65. The molecular weight excluding hydrogens is 389 g/mol. The number of urea groups is 1. The van der Waals surface area contributed by atoms with E-state index in [9.17, 15) is 9.59 Å². The normalized spacial score (nSPS) is 19.3. The third-order valence-electron chi connectivity index (χ3n) is 4.98. The minimum atomic E-state index is -0.791. The van der Waals surface area contributed by atoms with E-state index >= 15 is 0 Å². The molecule has 1 saturated heterocycles. The molecule has 2 heterocycles. The average Bonchev–Trinajstić information content (AvgIpc) is 3.21. The molecule has 140 valence electrons. The van der Waals surface area contributed by atoms with Crippen molar-refractivity contribution >= 4 is 41.4 Å². The number of nitrogens with zero attached hydrogens (tertiary/aromatic N) is 2. The molecule has 6 nitrogen and oxygen atoms in total. The molecule has 2 aromatic rings. The van der Waals surface area contributed by atoms with Crippen molar-refractivity contribution in [2.45, 2.75) is 37.6 Å². The van der Waals surface area contributed by atoms with Gasteiger partial charge in [-0.05, 0) is 43.2 Å². The number of furan rings is 1. The van der Waals surface area contributed by atoms with Crippen LogP contribution in [0.5, 0.6) is 0 Å². The van der Waals surface area contributed by atoms with Gasteiger partial charge in [0.25, 0.3) is 5.91 Å². The first-order valence-electron chi connectivity index (χ1n) is 8.74. The van der Waals surface area contributed by atoms with E-state index < -0.39 is 11.6 Å². The molecular formula is C19H17Cl2N3O3. The molecule has 2 aliphatic rings. The van der Waals surface area contributed by atoms with Gasteiger partial charge in [0, 0.05) is 5.56 Å². The predicted octanol–water partition coefficient (Wildman–Crippen LogP) is 4.84. The predicted molar refractivity (Wildman–Crippen MR) is 103 cm³/mol. The number of carbonyl (C=O) groups excluding carboxylic acids is 2. The zero-order chi connectivity index (χ0) is 19.0. The second-order valence-corrected chi connectivity index (χ2v) is 7.58. The topological polar surface area (TPSA) is 74.9 Å². The zero-order valence-electron chi connectivity index (χ0n) is 14.4. The summed E-state index contributed by atoms with van der Waals surface area (Å²) >= 11 is 12.0. The second kappa shape index (κ2) is 7.02. The molecule has 0 bridgehead atoms. The molecule has 27 heavy (non-hydrogen) atoms. The molecule has 0 unspecified atom stereocenters. The van der Waals surface area contributed by atoms with Crippen LogP contribution in [0.3, 0.4) is 0 Å². The van der Waals surface area contributed by atoms with Crippen molar-refractivity contribution in [2.75, 3.05) is 0 Å². The molecule has 1 aliphatic heterocycles. The fraction of sp³-hybridized carbons (Fsp3) is 0.316. The maximum Gasteiger partial charge on any atom is 0.346 e. The lowest BCUT2D eigenvalue weighted by Crippen LogP contribution is -2.48. The van der Waals surface area contributed by atoms with Crippen LogP contribution in [0.25, 0.3) is 11.3 Å². The van der Waals surface area contributed by atoms with Crippen LogP contribution in [0, 0.1) is 0 Å². The summed E-state index contributed by atoms with van der Waals surface area (Å²) < 4.78 is 5.71. The van der Waals surface area contributed by atoms with Crippen LogP contribution >= 0.6 is 23.2 Å². The van der Waals surface area contributed by atoms with Crippen LogP contribution in [0.2, 0.25) is 10.0 Å². The number of hydrogen-bond donors (Lipinski definition) is 1. The lowest BCUT2D eigenvalue weighted by atomic mass is 9.82. The quantitative estimate of drug-likeness (QED) is 0.585. The SMILES string of the molecule is O=C1NC2(CCCCC2)C(=O)N1/N=C\c1ccc(-c2ccc(Cl)c(Cl)c2)o1. The van der Waals surface area contributed by atoms with Gasteiger partial charge in [0.1, 0.15) is 17.1 Å². The minimum absolute atomic E-state index is 0.292. The summed E-state index contributed by atoms with van der Waals surface area (Å²) in [7, 11) is 0. The number of rotatable bonds is 3. The second-order valence-electron chi connectivity index (χ2n) is 6.77. The zero-order valence-corrected chi connectivity index (χ0v) is 15.9. The largest absolute Gasteiger partial charge is 0.455 e. The van der Waals surface area contributed by atoms with E-state index in [0.29, 0.717) is 34.4 Å². The van der Waals surface area contributed by atoms with Gasteiger partial charge >= 0.3 is 6.03 Å². The van der Waals surface area contributed by atoms with Gasteiger partial charge in [-0.1, -0.05) is 42.5 Å². The van der Waals surface area contributed by atoms with Crippen LogP contribution in [-0.2, 0) is 4.79 Å². The van der Waals surface area contributed by atoms with Gasteiger partial charge in [-0.15, -0.1) is 5.01 Å². The number of benzene rings is 1. The number of hydrazone groups is 1. The smallest absolute Gasteiger partial charge is 0.346 e. The first-order chi connectivity index (χ1) is 13.0. The average molecular weight is 406 g/mol. The van der Waals surface area contributed by atoms with Crippen molar-refractivity contribution in [1.82, 2.24) is 10.3 Å². The molecule has 2 fully saturated rings. The van der Waals surface area contributed by atoms with Crippen molar-refractivity contribution in [3.63, 3.8) is 0 Å². The van der Waals surface area contributed by atoms with Crippen molar-refractivity contribution in [2.24, 2.45) is 5.10 Å². The van der Waals surface area contributed by atoms with E-state index in [0.717, 1.165) is 29.8 Å². The third kappa shape index (κ3) is 3.35. The number of carbonyl (C=O) groups is 2. The summed E-state index contributed by atoms with van der Waals surface area (Å²) in [6.07, 6.45) is 5.61. The Bertz CT molecular complexity index is 932. The first kappa shape index (κ1) is 18.1. The van der Waals surface area contributed by atoms with Gasteiger partial charge in [-0.2, -0.15) is 5.10 Å². The summed E-state index contributed by atoms with van der Waals surface area (Å²) in [4.78, 5) is 24.9. The molecule has 1 spiro atoms. The Kier molecular flexibility index (Phi) is 4.70. The van der Waals surface area contributed by atoms with Crippen molar-refractivity contribution in [3.05, 3.63) is 46.1 Å². The number of amides is 3. The van der Waals surface area contributed by atoms with Gasteiger partial charge in [0.15, 0.2) is 0 Å². The highest BCUT2D eigenvalue weighted by molar-refractivity contribution is 6.42. The summed E-state index contributed by atoms with van der Waals surface area (Å²) in [5.74, 6) is 0.706. The molecule has 1 saturated carbocycles. The van der Waals surface area contributed by atoms with Gasteiger partial charge in [0.05, 0.1) is 16.3 Å². The molecule has 1 aliphatic carbocycles. The standard InChI is InChI=1S/C19H17Cl2N3O3/c20-14-6-4-12(10-15(14)21)16-7-5-13(27-16)11-22-24-17(25)19(23-18(24)26)8-2-1-3-9-19/h4-7,10-11H,1-3,8-9H2,(H,23,26)/b22-11-. The van der Waals surface area contributed by atoms with Crippen LogP contribution in [-0.4, -0.2) is 28.7 Å². The molecule has 8 heteroatoms. The van der Waals surface area contributed by atoms with Gasteiger partial charge in [-0.25, -0.2) is 4.79 Å². The first-order valence-corrected chi connectivity index (χ1v) is 9.50. The lowest BCUT2D eigenvalue weighted by molar-refractivity contribution is -0.132. The van der Waals surface area contributed by atoms with E-state index in [-0.39, 0.29) is 5.91 Å². The Labute approximate surface area is 166 Å². The summed E-state index contributed by atoms with van der Waals surface area (Å²) in [6.45, 7) is 0. The fourth-order valence-electron chi connectivity index (χ4n) is 3.55. The Morgan fingerprint density at radius 1 is 1.07 bits per heavy atom. The van der Waals surface area contributed by atoms with E-state index in [1.54, 1.807) is 30.3 Å². The number of nitrogens with one attached hydrogen (secondary N) is 1. The minimum Gasteiger partial charge on any atom is -0.455 e. The summed E-state index contributed by atoms with van der Waals surface area (Å²) in [6, 6.07) is 8.15. The monoisotopic (exact) mass is 405 g/mol. The summed E-state index contributed by atoms with van der Waals surface area (Å²) in [5.41, 5.74) is -0.0265. The van der Waals surface area contributed by atoms with Crippen molar-refractivity contribution in [1.29, 1.82) is 0 Å². The number of imide groups is 1. The van der Waals surface area contributed by atoms with Gasteiger partial charge < -0.3 is 9.73 Å². The van der Waals surface area contributed by atoms with Crippen LogP contribution in [0.1, 0.15) is 37.9 Å². The fourth-order valence-corrected chi connectivity index (χ4v) is 3.84. The Hall–Kier alpha value is -2.31. The number of hydrogen-bond acceptors (Lipinski definition) is 4. The lowest BCUT2D eigenvalue weighted by Gasteiger charge is -2.29. The van der Waals surface area contributed by atoms with Crippen LogP contribution in [0.15, 0.2) is 39.9 Å². The number of halogens is 2. The van der Waals surface area contributed by atoms with Gasteiger partial charge in [0.2, 0.25) is 0 Å². The van der Waals surface area contributed by atoms with E-state index in [2.05, 4.69) is 10.4 Å². The molecule has 0 radical (unpaired) electrons. The third-order valence-corrected chi connectivity index (χ3v) is 5.72. The van der Waals surface area contributed by atoms with Gasteiger partial charge in [-0.3, -0.25) is 4.79 Å². The Morgan fingerprint density at radius 3 is 2.59 bits per heavy atom. The molecule has 1 aromatic heterocycles. The molecule has 3 amide bonds. The highest BCUT2D eigenvalue weighted by atomic mass is 35.5. The molecule has 1 N–H and O–H groups in total. The van der Waals surface area contributed by atoms with Crippen molar-refractivity contribution in [3.8, 4) is 11.3 Å². The Balaban J connectivity index is 1.52. The highest BCUT2D eigenvalue weighted by Gasteiger charge is 2.51. The Morgan fingerprint density at radius 2 is 1.85 bits per heavy atom. The molecule has 1 aromatic carbocycles. The molecule has 4 rings (SSSR count). The van der Waals surface area contributed by atoms with Crippen LogP contribution < -0.4 is 5.32 Å². The maximum atomic E-state index is 12.7.